The molecule has 6 rings (SSSR count). The fraction of sp³-hybridized carbons (Fsp3) is 0.414. The number of hydrogen-bond donors (Lipinski definition) is 3. The van der Waals surface area contributed by atoms with Crippen molar-refractivity contribution in [2.45, 2.75) is 36.7 Å². The Balaban J connectivity index is 1.25. The molecule has 0 radical (unpaired) electrons. The van der Waals surface area contributed by atoms with Crippen molar-refractivity contribution >= 4 is 39.0 Å². The molecule has 1 aromatic heterocycles. The van der Waals surface area contributed by atoms with Crippen LogP contribution in [0.15, 0.2) is 41.3 Å². The van der Waals surface area contributed by atoms with E-state index in [1.165, 1.54) is 0 Å². The predicted molar refractivity (Wildman–Crippen MR) is 158 cm³/mol. The molecule has 2 aromatic carbocycles. The molecule has 0 saturated carbocycles. The maximum absolute atomic E-state index is 13.8. The van der Waals surface area contributed by atoms with Crippen LogP contribution in [0.5, 0.6) is 0 Å². The molecule has 15 heteroatoms. The van der Waals surface area contributed by atoms with Gasteiger partial charge >= 0.3 is 0 Å². The lowest BCUT2D eigenvalue weighted by atomic mass is 10.1. The summed E-state index contributed by atoms with van der Waals surface area (Å²) in [5, 5.41) is 12.8. The predicted octanol–water partition coefficient (Wildman–Crippen LogP) is 2.56. The van der Waals surface area contributed by atoms with Crippen molar-refractivity contribution < 1.29 is 31.5 Å². The molecular formula is C29H33F2N7O5S. The minimum absolute atomic E-state index is 0.0534. The Morgan fingerprint density at radius 2 is 1.77 bits per heavy atom. The number of nitrogens with one attached hydrogen (secondary N) is 3. The van der Waals surface area contributed by atoms with Gasteiger partial charge in [-0.1, -0.05) is 0 Å². The number of fused-ring (bicyclic) bond motifs is 1. The molecule has 0 unspecified atom stereocenters. The van der Waals surface area contributed by atoms with E-state index in [1.54, 1.807) is 12.1 Å². The largest absolute Gasteiger partial charge is 0.378 e. The number of benzene rings is 2. The maximum atomic E-state index is 13.8. The standard InChI is InChI=1S/C29H33F2N7O5S/c1-36-7-2-3-26(36)29(40)32-25-16-20(37-9-11-43-12-10-37)4-5-22(25)28(39)33-27-23-17-38(8-6-24(23)34-35-27)44(41,42)21-14-18(30)13-19(31)15-21/h4-5,13-16,26H,2-3,6-12,17H2,1H3,(H,32,40)(H2,33,34,35,39)/t26-/m1/s1. The quantitative estimate of drug-likeness (QED) is 0.363. The first-order valence-electron chi connectivity index (χ1n) is 14.4. The fourth-order valence-electron chi connectivity index (χ4n) is 5.89. The number of amides is 2. The number of aromatic amines is 1. The van der Waals surface area contributed by atoms with Gasteiger partial charge in [-0.2, -0.15) is 9.40 Å². The highest BCUT2D eigenvalue weighted by molar-refractivity contribution is 7.89. The number of ether oxygens (including phenoxy) is 1. The van der Waals surface area contributed by atoms with E-state index in [0.717, 1.165) is 35.1 Å². The molecule has 0 aliphatic carbocycles. The van der Waals surface area contributed by atoms with Crippen molar-refractivity contribution in [1.82, 2.24) is 19.4 Å². The van der Waals surface area contributed by atoms with Crippen LogP contribution in [0.2, 0.25) is 0 Å². The minimum Gasteiger partial charge on any atom is -0.378 e. The number of hydrogen-bond acceptors (Lipinski definition) is 8. The summed E-state index contributed by atoms with van der Waals surface area (Å²) in [5.74, 6) is -2.63. The Bertz CT molecular complexity index is 1670. The number of sulfonamides is 1. The van der Waals surface area contributed by atoms with Gasteiger partial charge in [0.25, 0.3) is 5.91 Å². The molecule has 3 N–H and O–H groups in total. The second-order valence-corrected chi connectivity index (χ2v) is 13.1. The first-order valence-corrected chi connectivity index (χ1v) is 15.9. The second kappa shape index (κ2) is 12.2. The van der Waals surface area contributed by atoms with Gasteiger partial charge in [0.05, 0.1) is 35.4 Å². The van der Waals surface area contributed by atoms with Crippen molar-refractivity contribution in [3.8, 4) is 0 Å². The third kappa shape index (κ3) is 6.04. The number of carbonyl (C=O) groups excluding carboxylic acids is 2. The molecule has 234 valence electrons. The summed E-state index contributed by atoms with van der Waals surface area (Å²) in [7, 11) is -2.35. The average Bonchev–Trinajstić information content (AvgIpc) is 3.62. The van der Waals surface area contributed by atoms with Gasteiger partial charge in [0, 0.05) is 55.6 Å². The van der Waals surface area contributed by atoms with Crippen molar-refractivity contribution in [1.29, 1.82) is 0 Å². The van der Waals surface area contributed by atoms with Gasteiger partial charge in [-0.05, 0) is 56.8 Å². The molecule has 0 bridgehead atoms. The number of halogens is 2. The fourth-order valence-corrected chi connectivity index (χ4v) is 7.34. The van der Waals surface area contributed by atoms with Gasteiger partial charge in [-0.15, -0.1) is 0 Å². The first-order chi connectivity index (χ1) is 21.1. The van der Waals surface area contributed by atoms with E-state index in [-0.39, 0.29) is 42.8 Å². The molecule has 3 aromatic rings. The van der Waals surface area contributed by atoms with Crippen LogP contribution in [0.4, 0.5) is 26.0 Å². The van der Waals surface area contributed by atoms with Crippen LogP contribution in [0.1, 0.15) is 34.5 Å². The van der Waals surface area contributed by atoms with Crippen LogP contribution in [0.3, 0.4) is 0 Å². The van der Waals surface area contributed by atoms with E-state index in [1.807, 2.05) is 18.0 Å². The third-order valence-electron chi connectivity index (χ3n) is 8.31. The van der Waals surface area contributed by atoms with E-state index in [0.29, 0.717) is 55.7 Å². The van der Waals surface area contributed by atoms with Crippen LogP contribution in [-0.4, -0.2) is 92.1 Å². The van der Waals surface area contributed by atoms with Gasteiger partial charge in [0.2, 0.25) is 15.9 Å². The highest BCUT2D eigenvalue weighted by Crippen LogP contribution is 2.31. The molecule has 0 spiro atoms. The molecule has 4 heterocycles. The number of rotatable bonds is 7. The zero-order valence-electron chi connectivity index (χ0n) is 24.1. The van der Waals surface area contributed by atoms with Gasteiger partial charge in [0.15, 0.2) is 5.82 Å². The molecule has 12 nitrogen and oxygen atoms in total. The highest BCUT2D eigenvalue weighted by atomic mass is 32.2. The van der Waals surface area contributed by atoms with Gasteiger partial charge < -0.3 is 20.3 Å². The topological polar surface area (TPSA) is 140 Å². The molecule has 2 amide bonds. The Morgan fingerprint density at radius 3 is 2.48 bits per heavy atom. The van der Waals surface area contributed by atoms with Crippen LogP contribution < -0.4 is 15.5 Å². The number of morpholine rings is 1. The van der Waals surface area contributed by atoms with Crippen LogP contribution >= 0.6 is 0 Å². The van der Waals surface area contributed by atoms with E-state index in [4.69, 9.17) is 4.74 Å². The summed E-state index contributed by atoms with van der Waals surface area (Å²) in [5.41, 5.74) is 2.47. The summed E-state index contributed by atoms with van der Waals surface area (Å²) in [6, 6.07) is 7.06. The summed E-state index contributed by atoms with van der Waals surface area (Å²) in [6.45, 7) is 3.18. The number of aromatic nitrogens is 2. The summed E-state index contributed by atoms with van der Waals surface area (Å²) in [4.78, 5) is 30.5. The molecular weight excluding hydrogens is 596 g/mol. The van der Waals surface area contributed by atoms with Crippen molar-refractivity contribution in [3.63, 3.8) is 0 Å². The lowest BCUT2D eigenvalue weighted by Gasteiger charge is -2.29. The van der Waals surface area contributed by atoms with Crippen LogP contribution in [0, 0.1) is 11.6 Å². The third-order valence-corrected chi connectivity index (χ3v) is 10.1. The van der Waals surface area contributed by atoms with Crippen molar-refractivity contribution in [2.24, 2.45) is 0 Å². The molecule has 2 fully saturated rings. The highest BCUT2D eigenvalue weighted by Gasteiger charge is 2.33. The lowest BCUT2D eigenvalue weighted by Crippen LogP contribution is -2.38. The second-order valence-electron chi connectivity index (χ2n) is 11.1. The Hall–Kier alpha value is -3.92. The number of anilines is 3. The Labute approximate surface area is 253 Å². The number of H-pyrrole nitrogens is 1. The van der Waals surface area contributed by atoms with Gasteiger partial charge in [0.1, 0.15) is 11.6 Å². The number of carbonyl (C=O) groups is 2. The van der Waals surface area contributed by atoms with Gasteiger partial charge in [-0.25, -0.2) is 17.2 Å². The molecule has 3 aliphatic heterocycles. The summed E-state index contributed by atoms with van der Waals surface area (Å²) < 4.78 is 60.7. The lowest BCUT2D eigenvalue weighted by molar-refractivity contribution is -0.119. The zero-order chi connectivity index (χ0) is 31.0. The van der Waals surface area contributed by atoms with E-state index >= 15 is 0 Å². The molecule has 3 aliphatic rings. The molecule has 2 saturated heterocycles. The number of likely N-dealkylation sites (tertiary alicyclic amines) is 1. The van der Waals surface area contributed by atoms with Crippen molar-refractivity contribution in [2.75, 3.05) is 62.0 Å². The normalized spacial score (nSPS) is 19.5. The minimum atomic E-state index is -4.24. The van der Waals surface area contributed by atoms with Crippen LogP contribution in [-0.2, 0) is 32.5 Å². The first kappa shape index (κ1) is 30.1. The number of likely N-dealkylation sites (N-methyl/N-ethyl adjacent to an activating group) is 1. The summed E-state index contributed by atoms with van der Waals surface area (Å²) in [6.07, 6.45) is 1.87. The van der Waals surface area contributed by atoms with Gasteiger partial charge in [-0.3, -0.25) is 19.6 Å². The zero-order valence-corrected chi connectivity index (χ0v) is 24.9. The molecule has 1 atom stereocenters. The Kier molecular flexibility index (Phi) is 8.37. The SMILES string of the molecule is CN1CCC[C@@H]1C(=O)Nc1cc(N2CCOCC2)ccc1C(=O)Nc1n[nH]c2c1CN(S(=O)(=O)c1cc(F)cc(F)c1)CC2. The smallest absolute Gasteiger partial charge is 0.258 e. The summed E-state index contributed by atoms with van der Waals surface area (Å²) >= 11 is 0. The van der Waals surface area contributed by atoms with Crippen molar-refractivity contribution in [3.05, 3.63) is 64.9 Å². The number of nitrogens with zero attached hydrogens (tertiary/aromatic N) is 4. The van der Waals surface area contributed by atoms with E-state index < -0.39 is 32.5 Å². The van der Waals surface area contributed by atoms with E-state index in [9.17, 15) is 26.8 Å². The monoisotopic (exact) mass is 629 g/mol. The maximum Gasteiger partial charge on any atom is 0.258 e. The molecule has 44 heavy (non-hydrogen) atoms. The van der Waals surface area contributed by atoms with E-state index in [2.05, 4.69) is 25.7 Å². The Morgan fingerprint density at radius 1 is 1.02 bits per heavy atom. The average molecular weight is 630 g/mol. The van der Waals surface area contributed by atoms with Crippen LogP contribution in [0.25, 0.3) is 0 Å².